The first kappa shape index (κ1) is 14.4. The molecular formula is C14H20F2N4O. The van der Waals surface area contributed by atoms with Gasteiger partial charge in [0, 0.05) is 26.4 Å². The molecule has 0 saturated carbocycles. The second-order valence-corrected chi connectivity index (χ2v) is 5.98. The number of carbonyl (C=O) groups excluding carboxylic acids is 1. The summed E-state index contributed by atoms with van der Waals surface area (Å²) >= 11 is 0. The van der Waals surface area contributed by atoms with Crippen LogP contribution in [-0.4, -0.2) is 38.0 Å². The van der Waals surface area contributed by atoms with Crippen molar-refractivity contribution in [3.63, 3.8) is 0 Å². The van der Waals surface area contributed by atoms with Crippen LogP contribution in [0.25, 0.3) is 0 Å². The third-order valence-electron chi connectivity index (χ3n) is 4.33. The molecule has 1 fully saturated rings. The van der Waals surface area contributed by atoms with E-state index in [1.807, 2.05) is 4.57 Å². The van der Waals surface area contributed by atoms with E-state index >= 15 is 0 Å². The van der Waals surface area contributed by atoms with Gasteiger partial charge in [0.2, 0.25) is 0 Å². The highest BCUT2D eigenvalue weighted by Crippen LogP contribution is 2.34. The predicted molar refractivity (Wildman–Crippen MR) is 71.9 cm³/mol. The SMILES string of the molecule is CC(F)(F)C(=O)N1CCCC1c1nnc2n1CCCCC2. The van der Waals surface area contributed by atoms with Crippen molar-refractivity contribution < 1.29 is 13.6 Å². The van der Waals surface area contributed by atoms with Crippen molar-refractivity contribution >= 4 is 5.91 Å². The van der Waals surface area contributed by atoms with Gasteiger partial charge in [-0.15, -0.1) is 10.2 Å². The van der Waals surface area contributed by atoms with Gasteiger partial charge in [0.25, 0.3) is 5.91 Å². The Balaban J connectivity index is 1.89. The van der Waals surface area contributed by atoms with Gasteiger partial charge in [0.1, 0.15) is 5.82 Å². The van der Waals surface area contributed by atoms with Crippen molar-refractivity contribution in [1.29, 1.82) is 0 Å². The van der Waals surface area contributed by atoms with Crippen LogP contribution in [0, 0.1) is 0 Å². The molecule has 0 aromatic carbocycles. The second-order valence-electron chi connectivity index (χ2n) is 5.98. The Labute approximate surface area is 122 Å². The van der Waals surface area contributed by atoms with E-state index in [1.54, 1.807) is 0 Å². The van der Waals surface area contributed by atoms with Crippen LogP contribution in [0.5, 0.6) is 0 Å². The normalized spacial score (nSPS) is 23.0. The number of amides is 1. The van der Waals surface area contributed by atoms with Gasteiger partial charge >= 0.3 is 5.92 Å². The first-order chi connectivity index (χ1) is 9.98. The van der Waals surface area contributed by atoms with Gasteiger partial charge in [0.05, 0.1) is 6.04 Å². The molecular weight excluding hydrogens is 278 g/mol. The molecule has 0 aliphatic carbocycles. The Morgan fingerprint density at radius 3 is 2.76 bits per heavy atom. The van der Waals surface area contributed by atoms with E-state index < -0.39 is 11.8 Å². The fourth-order valence-corrected chi connectivity index (χ4v) is 3.28. The number of alkyl halides is 2. The number of likely N-dealkylation sites (tertiary alicyclic amines) is 1. The molecule has 1 saturated heterocycles. The van der Waals surface area contributed by atoms with E-state index in [9.17, 15) is 13.6 Å². The minimum Gasteiger partial charge on any atom is -0.327 e. The highest BCUT2D eigenvalue weighted by Gasteiger charge is 2.43. The molecule has 0 spiro atoms. The van der Waals surface area contributed by atoms with E-state index in [-0.39, 0.29) is 6.04 Å². The van der Waals surface area contributed by atoms with Gasteiger partial charge in [-0.3, -0.25) is 4.79 Å². The maximum absolute atomic E-state index is 13.4. The van der Waals surface area contributed by atoms with Crippen LogP contribution in [0.15, 0.2) is 0 Å². The third kappa shape index (κ3) is 2.65. The number of aryl methyl sites for hydroxylation is 1. The summed E-state index contributed by atoms with van der Waals surface area (Å²) in [5.41, 5.74) is 0. The van der Waals surface area contributed by atoms with Crippen molar-refractivity contribution in [1.82, 2.24) is 19.7 Å². The first-order valence-electron chi connectivity index (χ1n) is 7.59. The number of nitrogens with zero attached hydrogens (tertiary/aromatic N) is 4. The molecule has 0 N–H and O–H groups in total. The maximum Gasteiger partial charge on any atom is 0.322 e. The van der Waals surface area contributed by atoms with Crippen LogP contribution < -0.4 is 0 Å². The maximum atomic E-state index is 13.4. The van der Waals surface area contributed by atoms with E-state index in [1.165, 1.54) is 4.90 Å². The van der Waals surface area contributed by atoms with Crippen LogP contribution in [0.3, 0.4) is 0 Å². The molecule has 1 atom stereocenters. The standard InChI is InChI=1S/C14H20F2N4O/c1-14(15,16)13(21)19-9-5-6-10(19)12-18-17-11-7-3-2-4-8-20(11)12/h10H,2-9H2,1H3. The summed E-state index contributed by atoms with van der Waals surface area (Å²) in [5.74, 6) is -2.83. The molecule has 3 rings (SSSR count). The summed E-state index contributed by atoms with van der Waals surface area (Å²) in [6, 6.07) is -0.359. The van der Waals surface area contributed by atoms with Crippen molar-refractivity contribution in [3.05, 3.63) is 11.6 Å². The third-order valence-corrected chi connectivity index (χ3v) is 4.33. The Morgan fingerprint density at radius 1 is 1.19 bits per heavy atom. The molecule has 1 aromatic heterocycles. The van der Waals surface area contributed by atoms with E-state index in [0.29, 0.717) is 25.7 Å². The van der Waals surface area contributed by atoms with Gasteiger partial charge in [0.15, 0.2) is 5.82 Å². The number of carbonyl (C=O) groups is 1. The lowest BCUT2D eigenvalue weighted by molar-refractivity contribution is -0.156. The molecule has 7 heteroatoms. The van der Waals surface area contributed by atoms with Crippen molar-refractivity contribution in [2.75, 3.05) is 6.54 Å². The van der Waals surface area contributed by atoms with Crippen LogP contribution in [0.2, 0.25) is 0 Å². The molecule has 1 aromatic rings. The minimum atomic E-state index is -3.33. The average molecular weight is 298 g/mol. The van der Waals surface area contributed by atoms with Gasteiger partial charge < -0.3 is 9.47 Å². The predicted octanol–water partition coefficient (Wildman–Crippen LogP) is 2.32. The van der Waals surface area contributed by atoms with E-state index in [2.05, 4.69) is 10.2 Å². The minimum absolute atomic E-state index is 0.359. The van der Waals surface area contributed by atoms with Gasteiger partial charge in [-0.25, -0.2) is 0 Å². The topological polar surface area (TPSA) is 51.0 Å². The monoisotopic (exact) mass is 298 g/mol. The molecule has 2 aliphatic heterocycles. The largest absolute Gasteiger partial charge is 0.327 e. The van der Waals surface area contributed by atoms with Crippen molar-refractivity contribution in [2.45, 2.75) is 64.0 Å². The number of halogens is 2. The zero-order valence-corrected chi connectivity index (χ0v) is 12.2. The van der Waals surface area contributed by atoms with E-state index in [4.69, 9.17) is 0 Å². The summed E-state index contributed by atoms with van der Waals surface area (Å²) in [4.78, 5) is 13.2. The Hall–Kier alpha value is -1.53. The van der Waals surface area contributed by atoms with Crippen molar-refractivity contribution in [3.8, 4) is 0 Å². The Bertz CT molecular complexity index is 538. The zero-order valence-electron chi connectivity index (χ0n) is 12.2. The number of hydrogen-bond donors (Lipinski definition) is 0. The molecule has 1 amide bonds. The summed E-state index contributed by atoms with van der Waals surface area (Å²) < 4.78 is 28.7. The van der Waals surface area contributed by atoms with Crippen molar-refractivity contribution in [2.24, 2.45) is 0 Å². The Kier molecular flexibility index (Phi) is 3.67. The highest BCUT2D eigenvalue weighted by molar-refractivity contribution is 5.83. The summed E-state index contributed by atoms with van der Waals surface area (Å²) in [6.45, 7) is 1.85. The number of aromatic nitrogens is 3. The van der Waals surface area contributed by atoms with Gasteiger partial charge in [-0.05, 0) is 25.7 Å². The molecule has 3 heterocycles. The molecule has 0 radical (unpaired) electrons. The first-order valence-corrected chi connectivity index (χ1v) is 7.59. The summed E-state index contributed by atoms with van der Waals surface area (Å²) in [7, 11) is 0. The second kappa shape index (κ2) is 5.35. The number of hydrogen-bond acceptors (Lipinski definition) is 3. The lowest BCUT2D eigenvalue weighted by Gasteiger charge is -2.26. The van der Waals surface area contributed by atoms with Crippen LogP contribution in [0.4, 0.5) is 8.78 Å². The fourth-order valence-electron chi connectivity index (χ4n) is 3.28. The smallest absolute Gasteiger partial charge is 0.322 e. The number of fused-ring (bicyclic) bond motifs is 1. The zero-order chi connectivity index (χ0) is 15.0. The Morgan fingerprint density at radius 2 is 2.00 bits per heavy atom. The average Bonchev–Trinajstić information content (AvgIpc) is 2.97. The quantitative estimate of drug-likeness (QED) is 0.842. The summed E-state index contributed by atoms with van der Waals surface area (Å²) in [6.07, 6.45) is 5.55. The number of rotatable bonds is 2. The lowest BCUT2D eigenvalue weighted by atomic mass is 10.2. The molecule has 5 nitrogen and oxygen atoms in total. The lowest BCUT2D eigenvalue weighted by Crippen LogP contribution is -2.42. The van der Waals surface area contributed by atoms with Crippen LogP contribution in [0.1, 0.15) is 56.7 Å². The fraction of sp³-hybridized carbons (Fsp3) is 0.786. The summed E-state index contributed by atoms with van der Waals surface area (Å²) in [5, 5.41) is 8.42. The molecule has 1 unspecified atom stereocenters. The van der Waals surface area contributed by atoms with Crippen LogP contribution in [-0.2, 0) is 17.8 Å². The molecule has 2 aliphatic rings. The molecule has 21 heavy (non-hydrogen) atoms. The molecule has 116 valence electrons. The molecule has 0 bridgehead atoms. The van der Waals surface area contributed by atoms with Gasteiger partial charge in [-0.2, -0.15) is 8.78 Å². The van der Waals surface area contributed by atoms with E-state index in [0.717, 1.165) is 44.5 Å². The highest BCUT2D eigenvalue weighted by atomic mass is 19.3. The van der Waals surface area contributed by atoms with Gasteiger partial charge in [-0.1, -0.05) is 6.42 Å². The van der Waals surface area contributed by atoms with Crippen LogP contribution >= 0.6 is 0 Å².